The van der Waals surface area contributed by atoms with Crippen molar-refractivity contribution >= 4 is 5.91 Å². The molecule has 1 unspecified atom stereocenters. The highest BCUT2D eigenvalue weighted by atomic mass is 16.2. The van der Waals surface area contributed by atoms with Crippen LogP contribution in [0.1, 0.15) is 66.6 Å². The maximum Gasteiger partial charge on any atom is 0.274 e. The minimum absolute atomic E-state index is 0.132. The maximum atomic E-state index is 13.2. The molecule has 0 spiro atoms. The smallest absolute Gasteiger partial charge is 0.274 e. The summed E-state index contributed by atoms with van der Waals surface area (Å²) in [5.41, 5.74) is 3.14. The SMILES string of the molecule is CCCn1nc(C(=O)N2CCCCC2)c2c1CCC(NCc1ncc[nH]1)C2. The van der Waals surface area contributed by atoms with Crippen molar-refractivity contribution in [2.75, 3.05) is 13.1 Å². The number of carbonyl (C=O) groups excluding carboxylic acids is 1. The number of likely N-dealkylation sites (tertiary alicyclic amines) is 1. The van der Waals surface area contributed by atoms with Gasteiger partial charge in [0.25, 0.3) is 5.91 Å². The molecule has 2 aromatic rings. The van der Waals surface area contributed by atoms with Gasteiger partial charge in [-0.2, -0.15) is 5.10 Å². The predicted octanol–water partition coefficient (Wildman–Crippen LogP) is 2.29. The number of hydrogen-bond donors (Lipinski definition) is 2. The van der Waals surface area contributed by atoms with Gasteiger partial charge in [-0.15, -0.1) is 0 Å². The maximum absolute atomic E-state index is 13.2. The normalized spacial score (nSPS) is 19.9. The monoisotopic (exact) mass is 370 g/mol. The molecule has 0 radical (unpaired) electrons. The van der Waals surface area contributed by atoms with Gasteiger partial charge in [0.2, 0.25) is 0 Å². The second-order valence-electron chi connectivity index (χ2n) is 7.71. The summed E-state index contributed by atoms with van der Waals surface area (Å²) < 4.78 is 2.09. The number of hydrogen-bond acceptors (Lipinski definition) is 4. The van der Waals surface area contributed by atoms with Crippen molar-refractivity contribution in [1.82, 2.24) is 30.0 Å². The van der Waals surface area contributed by atoms with Gasteiger partial charge in [0.15, 0.2) is 5.69 Å². The lowest BCUT2D eigenvalue weighted by Gasteiger charge is -2.27. The molecule has 3 heterocycles. The summed E-state index contributed by atoms with van der Waals surface area (Å²) in [5, 5.41) is 8.38. The van der Waals surface area contributed by atoms with Gasteiger partial charge < -0.3 is 15.2 Å². The summed E-state index contributed by atoms with van der Waals surface area (Å²) in [6.45, 7) is 5.52. The van der Waals surface area contributed by atoms with Crippen molar-refractivity contribution in [2.45, 2.75) is 71.0 Å². The molecule has 2 aliphatic rings. The zero-order valence-corrected chi connectivity index (χ0v) is 16.2. The topological polar surface area (TPSA) is 78.8 Å². The summed E-state index contributed by atoms with van der Waals surface area (Å²) >= 11 is 0. The Balaban J connectivity index is 1.53. The fourth-order valence-corrected chi connectivity index (χ4v) is 4.31. The number of imidazole rings is 1. The highest BCUT2D eigenvalue weighted by molar-refractivity contribution is 5.94. The van der Waals surface area contributed by atoms with Crippen molar-refractivity contribution in [3.05, 3.63) is 35.2 Å². The molecule has 1 atom stereocenters. The predicted molar refractivity (Wildman–Crippen MR) is 104 cm³/mol. The number of aromatic amines is 1. The molecule has 1 fully saturated rings. The lowest BCUT2D eigenvalue weighted by molar-refractivity contribution is 0.0716. The van der Waals surface area contributed by atoms with Gasteiger partial charge in [-0.05, 0) is 44.9 Å². The molecule has 0 saturated carbocycles. The molecule has 27 heavy (non-hydrogen) atoms. The number of carbonyl (C=O) groups is 1. The van der Waals surface area contributed by atoms with Gasteiger partial charge in [0.05, 0.1) is 6.54 Å². The fourth-order valence-electron chi connectivity index (χ4n) is 4.31. The van der Waals surface area contributed by atoms with Crippen molar-refractivity contribution in [3.8, 4) is 0 Å². The molecule has 0 bridgehead atoms. The number of fused-ring (bicyclic) bond motifs is 1. The van der Waals surface area contributed by atoms with E-state index in [1.54, 1.807) is 6.20 Å². The summed E-state index contributed by atoms with van der Waals surface area (Å²) in [6.07, 6.45) is 11.0. The lowest BCUT2D eigenvalue weighted by atomic mass is 9.91. The van der Waals surface area contributed by atoms with Crippen molar-refractivity contribution in [1.29, 1.82) is 0 Å². The molecular formula is C20H30N6O. The Morgan fingerprint density at radius 1 is 1.33 bits per heavy atom. The van der Waals surface area contributed by atoms with E-state index in [2.05, 4.69) is 26.9 Å². The largest absolute Gasteiger partial charge is 0.348 e. The quantitative estimate of drug-likeness (QED) is 0.818. The number of rotatable bonds is 6. The van der Waals surface area contributed by atoms with Crippen LogP contribution in [0.2, 0.25) is 0 Å². The molecular weight excluding hydrogens is 340 g/mol. The summed E-state index contributed by atoms with van der Waals surface area (Å²) in [7, 11) is 0. The van der Waals surface area contributed by atoms with Gasteiger partial charge in [0, 0.05) is 49.3 Å². The summed E-state index contributed by atoms with van der Waals surface area (Å²) in [4.78, 5) is 22.6. The zero-order chi connectivity index (χ0) is 18.6. The molecule has 4 rings (SSSR count). The first kappa shape index (κ1) is 18.2. The molecule has 146 valence electrons. The number of nitrogens with zero attached hydrogens (tertiary/aromatic N) is 4. The number of H-pyrrole nitrogens is 1. The molecule has 1 amide bonds. The van der Waals surface area contributed by atoms with Gasteiger partial charge in [-0.3, -0.25) is 9.48 Å². The van der Waals surface area contributed by atoms with Gasteiger partial charge >= 0.3 is 0 Å². The van der Waals surface area contributed by atoms with Crippen LogP contribution in [0.5, 0.6) is 0 Å². The van der Waals surface area contributed by atoms with Crippen LogP contribution in [-0.4, -0.2) is 49.7 Å². The highest BCUT2D eigenvalue weighted by Gasteiger charge is 2.31. The number of piperidine rings is 1. The van der Waals surface area contributed by atoms with E-state index in [9.17, 15) is 4.79 Å². The molecule has 1 saturated heterocycles. The van der Waals surface area contributed by atoms with Crippen molar-refractivity contribution in [2.24, 2.45) is 0 Å². The first-order valence-electron chi connectivity index (χ1n) is 10.4. The minimum atomic E-state index is 0.132. The number of aryl methyl sites for hydroxylation is 1. The molecule has 7 nitrogen and oxygen atoms in total. The van der Waals surface area contributed by atoms with E-state index in [-0.39, 0.29) is 5.91 Å². The van der Waals surface area contributed by atoms with Crippen molar-refractivity contribution in [3.63, 3.8) is 0 Å². The van der Waals surface area contributed by atoms with E-state index in [1.807, 2.05) is 11.1 Å². The average Bonchev–Trinajstić information content (AvgIpc) is 3.35. The molecule has 2 N–H and O–H groups in total. The van der Waals surface area contributed by atoms with Gasteiger partial charge in [0.1, 0.15) is 5.82 Å². The van der Waals surface area contributed by atoms with Gasteiger partial charge in [-0.1, -0.05) is 6.92 Å². The van der Waals surface area contributed by atoms with Crippen molar-refractivity contribution < 1.29 is 4.79 Å². The van der Waals surface area contributed by atoms with Gasteiger partial charge in [-0.25, -0.2) is 4.98 Å². The number of aromatic nitrogens is 4. The van der Waals surface area contributed by atoms with Crippen LogP contribution in [-0.2, 0) is 25.9 Å². The second kappa shape index (κ2) is 8.25. The Labute approximate surface area is 160 Å². The van der Waals surface area contributed by atoms with Crippen LogP contribution in [0.3, 0.4) is 0 Å². The standard InChI is InChI=1S/C20H30N6O/c1-2-10-26-17-7-6-15(23-14-18-21-8-9-22-18)13-16(17)19(24-26)20(27)25-11-4-3-5-12-25/h8-9,15,23H,2-7,10-14H2,1H3,(H,21,22). The Bertz CT molecular complexity index is 760. The second-order valence-corrected chi connectivity index (χ2v) is 7.71. The average molecular weight is 371 g/mol. The first-order chi connectivity index (χ1) is 13.3. The van der Waals surface area contributed by atoms with E-state index in [4.69, 9.17) is 5.10 Å². The third kappa shape index (κ3) is 3.93. The van der Waals surface area contributed by atoms with Crippen LogP contribution < -0.4 is 5.32 Å². The van der Waals surface area contributed by atoms with Crippen LogP contribution in [0.25, 0.3) is 0 Å². The van der Waals surface area contributed by atoms with E-state index in [0.29, 0.717) is 11.7 Å². The highest BCUT2D eigenvalue weighted by Crippen LogP contribution is 2.27. The lowest BCUT2D eigenvalue weighted by Crippen LogP contribution is -2.38. The van der Waals surface area contributed by atoms with Crippen LogP contribution in [0.4, 0.5) is 0 Å². The van der Waals surface area contributed by atoms with E-state index < -0.39 is 0 Å². The van der Waals surface area contributed by atoms with E-state index >= 15 is 0 Å². The Kier molecular flexibility index (Phi) is 5.57. The zero-order valence-electron chi connectivity index (χ0n) is 16.2. The third-order valence-electron chi connectivity index (χ3n) is 5.74. The number of nitrogens with one attached hydrogen (secondary N) is 2. The molecule has 1 aliphatic heterocycles. The molecule has 0 aromatic carbocycles. The molecule has 1 aliphatic carbocycles. The molecule has 7 heteroatoms. The summed E-state index contributed by atoms with van der Waals surface area (Å²) in [6, 6.07) is 0.356. The van der Waals surface area contributed by atoms with Crippen LogP contribution in [0.15, 0.2) is 12.4 Å². The van der Waals surface area contributed by atoms with E-state index in [0.717, 1.165) is 70.5 Å². The Morgan fingerprint density at radius 2 is 2.19 bits per heavy atom. The fraction of sp³-hybridized carbons (Fsp3) is 0.650. The van der Waals surface area contributed by atoms with Crippen LogP contribution in [0, 0.1) is 0 Å². The third-order valence-corrected chi connectivity index (χ3v) is 5.74. The molecule has 2 aromatic heterocycles. The Morgan fingerprint density at radius 3 is 2.93 bits per heavy atom. The first-order valence-corrected chi connectivity index (χ1v) is 10.4. The number of amides is 1. The minimum Gasteiger partial charge on any atom is -0.348 e. The van der Waals surface area contributed by atoms with E-state index in [1.165, 1.54) is 17.7 Å². The van der Waals surface area contributed by atoms with Crippen LogP contribution >= 0.6 is 0 Å². The Hall–Kier alpha value is -2.15. The summed E-state index contributed by atoms with van der Waals surface area (Å²) in [5.74, 6) is 1.08.